The highest BCUT2D eigenvalue weighted by Crippen LogP contribution is 2.41. The number of methoxy groups -OCH3 is 2. The molecule has 7 nitrogen and oxygen atoms in total. The van der Waals surface area contributed by atoms with Crippen molar-refractivity contribution in [1.29, 1.82) is 0 Å². The topological polar surface area (TPSA) is 86.8 Å². The van der Waals surface area contributed by atoms with Crippen LogP contribution >= 0.6 is 23.2 Å². The van der Waals surface area contributed by atoms with Gasteiger partial charge < -0.3 is 19.5 Å². The molecule has 0 radical (unpaired) electrons. The lowest BCUT2D eigenvalue weighted by molar-refractivity contribution is -0.123. The van der Waals surface area contributed by atoms with Gasteiger partial charge in [-0.1, -0.05) is 48.9 Å². The largest absolute Gasteiger partial charge is 0.493 e. The van der Waals surface area contributed by atoms with Crippen LogP contribution in [0.1, 0.15) is 54.4 Å². The first-order chi connectivity index (χ1) is 15.9. The number of halogens is 2. The van der Waals surface area contributed by atoms with Crippen LogP contribution in [-0.4, -0.2) is 43.5 Å². The van der Waals surface area contributed by atoms with Gasteiger partial charge in [0.15, 0.2) is 23.9 Å². The van der Waals surface area contributed by atoms with Crippen molar-refractivity contribution in [3.63, 3.8) is 0 Å². The number of amides is 1. The number of ketones is 1. The van der Waals surface area contributed by atoms with E-state index in [-0.39, 0.29) is 47.8 Å². The molecule has 1 saturated carbocycles. The van der Waals surface area contributed by atoms with Crippen molar-refractivity contribution in [3.8, 4) is 17.2 Å². The van der Waals surface area contributed by atoms with E-state index in [2.05, 4.69) is 10.3 Å². The zero-order valence-corrected chi connectivity index (χ0v) is 20.3. The minimum Gasteiger partial charge on any atom is -0.493 e. The van der Waals surface area contributed by atoms with Crippen molar-refractivity contribution in [3.05, 3.63) is 45.7 Å². The first-order valence-electron chi connectivity index (χ1n) is 10.9. The van der Waals surface area contributed by atoms with Crippen LogP contribution in [0.15, 0.2) is 24.5 Å². The third kappa shape index (κ3) is 6.51. The number of hydrogen-bond donors (Lipinski definition) is 1. The SMILES string of the molecule is COc1ccc(C(=O)Cc2c(Cl)cncc2Cl)c(OCC(=O)NC2CCCCCC2)c1OC. The molecule has 1 amide bonds. The number of pyridine rings is 1. The van der Waals surface area contributed by atoms with E-state index in [0.717, 1.165) is 25.7 Å². The van der Waals surface area contributed by atoms with Gasteiger partial charge in [-0.25, -0.2) is 0 Å². The van der Waals surface area contributed by atoms with E-state index < -0.39 is 0 Å². The lowest BCUT2D eigenvalue weighted by Crippen LogP contribution is -2.37. The molecule has 9 heteroatoms. The molecule has 0 aliphatic heterocycles. The van der Waals surface area contributed by atoms with Gasteiger partial charge in [-0.2, -0.15) is 0 Å². The smallest absolute Gasteiger partial charge is 0.258 e. The van der Waals surface area contributed by atoms with Crippen LogP contribution < -0.4 is 19.5 Å². The first kappa shape index (κ1) is 25.1. The van der Waals surface area contributed by atoms with Gasteiger partial charge in [0.25, 0.3) is 5.91 Å². The molecule has 0 saturated heterocycles. The number of rotatable bonds is 9. The Labute approximate surface area is 203 Å². The number of carbonyl (C=O) groups is 2. The van der Waals surface area contributed by atoms with Gasteiger partial charge in [-0.05, 0) is 25.0 Å². The number of ether oxygens (including phenoxy) is 3. The second-order valence-corrected chi connectivity index (χ2v) is 8.72. The van der Waals surface area contributed by atoms with Crippen molar-refractivity contribution in [2.24, 2.45) is 0 Å². The standard InChI is InChI=1S/C24H28Cl2N2O5/c1-31-21-10-9-16(20(29)11-17-18(25)12-27-13-19(17)26)23(24(21)32-2)33-14-22(30)28-15-7-5-3-4-6-8-15/h9-10,12-13,15H,3-8,11,14H2,1-2H3,(H,28,30). The molecule has 0 atom stereocenters. The molecule has 1 aliphatic carbocycles. The number of aromatic nitrogens is 1. The van der Waals surface area contributed by atoms with Crippen molar-refractivity contribution in [2.45, 2.75) is 51.0 Å². The minimum absolute atomic E-state index is 0.0691. The van der Waals surface area contributed by atoms with Crippen molar-refractivity contribution >= 4 is 34.9 Å². The molecule has 1 N–H and O–H groups in total. The molecular weight excluding hydrogens is 467 g/mol. The Kier molecular flexibility index (Phi) is 9.21. The van der Waals surface area contributed by atoms with Crippen LogP contribution in [0.3, 0.4) is 0 Å². The summed E-state index contributed by atoms with van der Waals surface area (Å²) in [5.74, 6) is 0.209. The lowest BCUT2D eigenvalue weighted by Gasteiger charge is -2.19. The van der Waals surface area contributed by atoms with E-state index in [1.165, 1.54) is 39.5 Å². The number of carbonyl (C=O) groups excluding carboxylic acids is 2. The number of hydrogen-bond acceptors (Lipinski definition) is 6. The van der Waals surface area contributed by atoms with Crippen LogP contribution in [0.25, 0.3) is 0 Å². The fraction of sp³-hybridized carbons (Fsp3) is 0.458. The van der Waals surface area contributed by atoms with Gasteiger partial charge in [0.2, 0.25) is 5.75 Å². The maximum Gasteiger partial charge on any atom is 0.258 e. The lowest BCUT2D eigenvalue weighted by atomic mass is 10.0. The van der Waals surface area contributed by atoms with Crippen LogP contribution in [0.5, 0.6) is 17.2 Å². The van der Waals surface area contributed by atoms with E-state index in [1.807, 2.05) is 0 Å². The number of nitrogens with one attached hydrogen (secondary N) is 1. The molecule has 1 aliphatic rings. The zero-order chi connectivity index (χ0) is 23.8. The van der Waals surface area contributed by atoms with E-state index in [1.54, 1.807) is 12.1 Å². The van der Waals surface area contributed by atoms with Crippen LogP contribution in [0.4, 0.5) is 0 Å². The maximum absolute atomic E-state index is 13.2. The monoisotopic (exact) mass is 494 g/mol. The highest BCUT2D eigenvalue weighted by atomic mass is 35.5. The van der Waals surface area contributed by atoms with Gasteiger partial charge in [-0.15, -0.1) is 0 Å². The number of nitrogens with zero attached hydrogens (tertiary/aromatic N) is 1. The molecule has 1 heterocycles. The Balaban J connectivity index is 1.81. The van der Waals surface area contributed by atoms with Gasteiger partial charge >= 0.3 is 0 Å². The highest BCUT2D eigenvalue weighted by Gasteiger charge is 2.24. The molecular formula is C24H28Cl2N2O5. The zero-order valence-electron chi connectivity index (χ0n) is 18.8. The summed E-state index contributed by atoms with van der Waals surface area (Å²) in [5, 5.41) is 3.62. The van der Waals surface area contributed by atoms with Gasteiger partial charge in [0.05, 0.1) is 29.8 Å². The summed E-state index contributed by atoms with van der Waals surface area (Å²) in [6.07, 6.45) is 9.32. The van der Waals surface area contributed by atoms with Gasteiger partial charge in [0.1, 0.15) is 0 Å². The number of Topliss-reactive ketones (excluding diaryl/α,β-unsaturated/α-hetero) is 1. The fourth-order valence-electron chi connectivity index (χ4n) is 3.95. The van der Waals surface area contributed by atoms with E-state index in [4.69, 9.17) is 37.4 Å². The fourth-order valence-corrected chi connectivity index (χ4v) is 4.45. The third-order valence-corrected chi connectivity index (χ3v) is 6.31. The predicted octanol–water partition coefficient (Wildman–Crippen LogP) is 5.05. The Hall–Kier alpha value is -2.51. The summed E-state index contributed by atoms with van der Waals surface area (Å²) in [6, 6.07) is 3.33. The average Bonchev–Trinajstić information content (AvgIpc) is 3.07. The molecule has 0 spiro atoms. The Morgan fingerprint density at radius 1 is 1.00 bits per heavy atom. The average molecular weight is 495 g/mol. The van der Waals surface area contributed by atoms with Crippen molar-refractivity contribution in [1.82, 2.24) is 10.3 Å². The molecule has 178 valence electrons. The first-order valence-corrected chi connectivity index (χ1v) is 11.7. The summed E-state index contributed by atoms with van der Waals surface area (Å²) >= 11 is 12.4. The normalized spacial score (nSPS) is 14.3. The second kappa shape index (κ2) is 12.1. The quantitative estimate of drug-likeness (QED) is 0.387. The molecule has 3 rings (SSSR count). The molecule has 1 fully saturated rings. The molecule has 2 aromatic rings. The predicted molar refractivity (Wildman–Crippen MR) is 127 cm³/mol. The maximum atomic E-state index is 13.2. The minimum atomic E-state index is -0.301. The Morgan fingerprint density at radius 3 is 2.27 bits per heavy atom. The van der Waals surface area contributed by atoms with Gasteiger partial charge in [-0.3, -0.25) is 14.6 Å². The number of benzene rings is 1. The summed E-state index contributed by atoms with van der Waals surface area (Å²) in [5.41, 5.74) is 0.698. The third-order valence-electron chi connectivity index (χ3n) is 5.66. The van der Waals surface area contributed by atoms with Gasteiger partial charge in [0, 0.05) is 30.4 Å². The molecule has 33 heavy (non-hydrogen) atoms. The van der Waals surface area contributed by atoms with Crippen molar-refractivity contribution < 1.29 is 23.8 Å². The van der Waals surface area contributed by atoms with Crippen LogP contribution in [0, 0.1) is 0 Å². The van der Waals surface area contributed by atoms with E-state index in [9.17, 15) is 9.59 Å². The van der Waals surface area contributed by atoms with Crippen LogP contribution in [0.2, 0.25) is 10.0 Å². The van der Waals surface area contributed by atoms with E-state index in [0.29, 0.717) is 21.4 Å². The summed E-state index contributed by atoms with van der Waals surface area (Å²) in [6.45, 7) is -0.253. The second-order valence-electron chi connectivity index (χ2n) is 7.90. The summed E-state index contributed by atoms with van der Waals surface area (Å²) < 4.78 is 16.6. The Morgan fingerprint density at radius 2 is 1.67 bits per heavy atom. The molecule has 0 unspecified atom stereocenters. The molecule has 0 bridgehead atoms. The summed E-state index contributed by atoms with van der Waals surface area (Å²) in [4.78, 5) is 29.7. The molecule has 1 aromatic heterocycles. The van der Waals surface area contributed by atoms with Crippen molar-refractivity contribution in [2.75, 3.05) is 20.8 Å². The highest BCUT2D eigenvalue weighted by molar-refractivity contribution is 6.36. The summed E-state index contributed by atoms with van der Waals surface area (Å²) in [7, 11) is 2.93. The molecule has 1 aromatic carbocycles. The van der Waals surface area contributed by atoms with E-state index >= 15 is 0 Å². The Bertz CT molecular complexity index is 971. The van der Waals surface area contributed by atoms with Crippen LogP contribution in [-0.2, 0) is 11.2 Å².